The quantitative estimate of drug-likeness (QED) is 0.687. The molecule has 3 nitrogen and oxygen atoms in total. The smallest absolute Gasteiger partial charge is 0.232 e. The highest BCUT2D eigenvalue weighted by atomic mass is 79.9. The largest absolute Gasteiger partial charge is 0.253 e. The van der Waals surface area contributed by atoms with Crippen molar-refractivity contribution >= 4 is 26.2 Å². The monoisotopic (exact) mass is 233 g/mol. The third-order valence-electron chi connectivity index (χ3n) is 0.839. The van der Waals surface area contributed by atoms with Gasteiger partial charge in [0.1, 0.15) is 0 Å². The Hall–Kier alpha value is 0.320. The summed E-state index contributed by atoms with van der Waals surface area (Å²) in [5, 5.41) is 0. The van der Waals surface area contributed by atoms with Gasteiger partial charge in [-0.1, -0.05) is 6.92 Å². The van der Waals surface area contributed by atoms with Gasteiger partial charge >= 0.3 is 0 Å². The molecule has 62 valence electrons. The van der Waals surface area contributed by atoms with Crippen molar-refractivity contribution < 1.29 is 12.8 Å². The first-order chi connectivity index (χ1) is 4.54. The van der Waals surface area contributed by atoms with Gasteiger partial charge in [-0.05, 0) is 6.42 Å². The number of alkyl halides is 1. The van der Waals surface area contributed by atoms with Crippen LogP contribution in [0.15, 0.2) is 0 Å². The van der Waals surface area contributed by atoms with Gasteiger partial charge in [-0.3, -0.25) is 0 Å². The third kappa shape index (κ3) is 2.94. The summed E-state index contributed by atoms with van der Waals surface area (Å²) >= 11 is 2.73. The molecule has 0 N–H and O–H groups in total. The van der Waals surface area contributed by atoms with E-state index in [0.29, 0.717) is 13.0 Å². The van der Waals surface area contributed by atoms with E-state index in [-0.39, 0.29) is 0 Å². The summed E-state index contributed by atoms with van der Waals surface area (Å²) in [6, 6.07) is -1.35. The Bertz CT molecular complexity index is 182. The van der Waals surface area contributed by atoms with Gasteiger partial charge in [0.25, 0.3) is 10.0 Å². The Labute approximate surface area is 68.6 Å². The van der Waals surface area contributed by atoms with Gasteiger partial charge in [0.2, 0.25) is 6.01 Å². The van der Waals surface area contributed by atoms with Crippen molar-refractivity contribution in [3.63, 3.8) is 0 Å². The van der Waals surface area contributed by atoms with Gasteiger partial charge in [-0.2, -0.15) is 0 Å². The number of rotatable bonds is 4. The van der Waals surface area contributed by atoms with Crippen LogP contribution in [0.4, 0.5) is 4.39 Å². The van der Waals surface area contributed by atoms with Crippen molar-refractivity contribution in [3.05, 3.63) is 0 Å². The molecule has 0 spiro atoms. The van der Waals surface area contributed by atoms with Crippen molar-refractivity contribution in [2.24, 2.45) is 0 Å². The lowest BCUT2D eigenvalue weighted by atomic mass is 10.5. The molecule has 0 amide bonds. The highest BCUT2D eigenvalue weighted by Gasteiger charge is 2.17. The molecule has 0 aromatic heterocycles. The van der Waals surface area contributed by atoms with Crippen LogP contribution in [-0.2, 0) is 10.0 Å². The van der Waals surface area contributed by atoms with Crippen LogP contribution >= 0.6 is 16.1 Å². The lowest BCUT2D eigenvalue weighted by Gasteiger charge is -2.09. The van der Waals surface area contributed by atoms with Gasteiger partial charge in [0, 0.05) is 22.7 Å². The van der Waals surface area contributed by atoms with Crippen LogP contribution in [0, 0.1) is 0 Å². The van der Waals surface area contributed by atoms with E-state index in [9.17, 15) is 12.8 Å². The Morgan fingerprint density at radius 3 is 2.40 bits per heavy atom. The van der Waals surface area contributed by atoms with E-state index in [1.165, 1.54) is 0 Å². The predicted octanol–water partition coefficient (Wildman–Crippen LogP) is 1.27. The molecular weight excluding hydrogens is 225 g/mol. The molecule has 0 radical (unpaired) electrons. The fraction of sp³-hybridized carbons (Fsp3) is 1.00. The van der Waals surface area contributed by atoms with Crippen molar-refractivity contribution in [2.45, 2.75) is 13.3 Å². The molecule has 0 saturated carbocycles. The summed E-state index contributed by atoms with van der Waals surface area (Å²) in [6.45, 7) is 2.11. The molecule has 0 saturated heterocycles. The zero-order valence-electron chi connectivity index (χ0n) is 5.55. The molecule has 0 aliphatic rings. The summed E-state index contributed by atoms with van der Waals surface area (Å²) in [6.07, 6.45) is 0.657. The number of sulfonamides is 1. The second-order valence-corrected chi connectivity index (χ2v) is 4.88. The third-order valence-corrected chi connectivity index (χ3v) is 3.58. The molecule has 0 heterocycles. The summed E-state index contributed by atoms with van der Waals surface area (Å²) < 4.78 is 33.7. The number of hydrogen-bond acceptors (Lipinski definition) is 2. The fourth-order valence-corrected chi connectivity index (χ4v) is 1.52. The summed E-state index contributed by atoms with van der Waals surface area (Å²) in [5.41, 5.74) is 0. The summed E-state index contributed by atoms with van der Waals surface area (Å²) in [4.78, 5) is 0. The highest BCUT2D eigenvalue weighted by molar-refractivity contribution is 9.08. The number of halogens is 2. The van der Waals surface area contributed by atoms with E-state index in [4.69, 9.17) is 0 Å². The average Bonchev–Trinajstić information content (AvgIpc) is 1.89. The first kappa shape index (κ1) is 10.3. The second-order valence-electron chi connectivity index (χ2n) is 1.73. The van der Waals surface area contributed by atoms with Crippen LogP contribution in [0.1, 0.15) is 13.3 Å². The fourth-order valence-electron chi connectivity index (χ4n) is 0.368. The van der Waals surface area contributed by atoms with Gasteiger partial charge in [-0.15, -0.1) is 3.33 Å². The maximum absolute atomic E-state index is 11.7. The standard InChI is InChI=1S/C4H9BrFNO2S/c1-2-3-7(5)10(8,9)4-6/h2-4H2,1H3. The van der Waals surface area contributed by atoms with E-state index < -0.39 is 16.0 Å². The summed E-state index contributed by atoms with van der Waals surface area (Å²) in [7, 11) is -3.68. The zero-order chi connectivity index (χ0) is 8.20. The summed E-state index contributed by atoms with van der Waals surface area (Å²) in [5.74, 6) is 0. The minimum atomic E-state index is -3.68. The first-order valence-electron chi connectivity index (χ1n) is 2.76. The Balaban J connectivity index is 4.06. The molecule has 0 fully saturated rings. The molecule has 10 heavy (non-hydrogen) atoms. The molecule has 0 bridgehead atoms. The number of hydrogen-bond donors (Lipinski definition) is 0. The molecule has 0 aliphatic heterocycles. The molecule has 6 heteroatoms. The maximum atomic E-state index is 11.7. The Morgan fingerprint density at radius 2 is 2.10 bits per heavy atom. The van der Waals surface area contributed by atoms with Gasteiger partial charge in [-0.25, -0.2) is 12.8 Å². The van der Waals surface area contributed by atoms with E-state index in [0.717, 1.165) is 3.33 Å². The van der Waals surface area contributed by atoms with Crippen LogP contribution in [0.2, 0.25) is 0 Å². The molecule has 0 atom stereocenters. The van der Waals surface area contributed by atoms with Crippen molar-refractivity contribution in [3.8, 4) is 0 Å². The van der Waals surface area contributed by atoms with Crippen LogP contribution in [0.5, 0.6) is 0 Å². The SMILES string of the molecule is CCCN(Br)S(=O)(=O)CF. The Kier molecular flexibility index (Phi) is 4.39. The molecule has 0 rings (SSSR count). The highest BCUT2D eigenvalue weighted by Crippen LogP contribution is 2.08. The molecule has 0 aliphatic carbocycles. The topological polar surface area (TPSA) is 37.4 Å². The van der Waals surface area contributed by atoms with Crippen molar-refractivity contribution in [1.29, 1.82) is 0 Å². The van der Waals surface area contributed by atoms with E-state index in [1.807, 2.05) is 6.92 Å². The minimum Gasteiger partial charge on any atom is -0.232 e. The molecule has 0 unspecified atom stereocenters. The maximum Gasteiger partial charge on any atom is 0.253 e. The predicted molar refractivity (Wildman–Crippen MR) is 40.8 cm³/mol. The van der Waals surface area contributed by atoms with Crippen LogP contribution in [0.3, 0.4) is 0 Å². The van der Waals surface area contributed by atoms with Crippen LogP contribution in [0.25, 0.3) is 0 Å². The Morgan fingerprint density at radius 1 is 1.60 bits per heavy atom. The normalized spacial score (nSPS) is 12.4. The van der Waals surface area contributed by atoms with Gasteiger partial charge in [0.05, 0.1) is 0 Å². The van der Waals surface area contributed by atoms with Crippen molar-refractivity contribution in [2.75, 3.05) is 12.6 Å². The number of nitrogens with zero attached hydrogens (tertiary/aromatic N) is 1. The first-order valence-corrected chi connectivity index (χ1v) is 5.08. The van der Waals surface area contributed by atoms with Gasteiger partial charge < -0.3 is 0 Å². The molecule has 0 aromatic carbocycles. The molecular formula is C4H9BrFNO2S. The van der Waals surface area contributed by atoms with Gasteiger partial charge in [0.15, 0.2) is 0 Å². The van der Waals surface area contributed by atoms with Crippen LogP contribution in [-0.4, -0.2) is 24.3 Å². The van der Waals surface area contributed by atoms with E-state index >= 15 is 0 Å². The second kappa shape index (κ2) is 4.25. The lowest BCUT2D eigenvalue weighted by Crippen LogP contribution is -2.23. The van der Waals surface area contributed by atoms with Crippen molar-refractivity contribution in [1.82, 2.24) is 3.33 Å². The van der Waals surface area contributed by atoms with E-state index in [2.05, 4.69) is 16.1 Å². The lowest BCUT2D eigenvalue weighted by molar-refractivity contribution is 0.498. The van der Waals surface area contributed by atoms with E-state index in [1.54, 1.807) is 0 Å². The minimum absolute atomic E-state index is 0.298. The average molecular weight is 234 g/mol. The van der Waals surface area contributed by atoms with Crippen LogP contribution < -0.4 is 0 Å². The zero-order valence-corrected chi connectivity index (χ0v) is 7.95. The molecule has 0 aromatic rings.